The fourth-order valence-electron chi connectivity index (χ4n) is 4.09. The van der Waals surface area contributed by atoms with Crippen LogP contribution in [0.3, 0.4) is 0 Å². The van der Waals surface area contributed by atoms with Gasteiger partial charge in [0.1, 0.15) is 5.52 Å². The van der Waals surface area contributed by atoms with E-state index in [-0.39, 0.29) is 0 Å². The van der Waals surface area contributed by atoms with Gasteiger partial charge >= 0.3 is 5.97 Å². The Morgan fingerprint density at radius 1 is 1.29 bits per heavy atom. The monoisotopic (exact) mass is 286 g/mol. The lowest BCUT2D eigenvalue weighted by Crippen LogP contribution is -2.44. The summed E-state index contributed by atoms with van der Waals surface area (Å²) in [4.78, 5) is 17.9. The Morgan fingerprint density at radius 2 is 2.05 bits per heavy atom. The van der Waals surface area contributed by atoms with Crippen molar-refractivity contribution in [2.45, 2.75) is 44.2 Å². The molecule has 0 saturated carbocycles. The van der Waals surface area contributed by atoms with Crippen LogP contribution in [0.5, 0.6) is 0 Å². The van der Waals surface area contributed by atoms with Crippen molar-refractivity contribution < 1.29 is 9.90 Å². The number of aliphatic carboxylic acids is 1. The molecule has 2 fully saturated rings. The summed E-state index contributed by atoms with van der Waals surface area (Å²) in [5.74, 6) is 0.626. The number of piperidine rings is 1. The van der Waals surface area contributed by atoms with Crippen LogP contribution in [0.15, 0.2) is 24.7 Å². The first kappa shape index (κ1) is 12.6. The average Bonchev–Trinajstić information content (AvgIpc) is 3.01. The second-order valence-electron chi connectivity index (χ2n) is 6.14. The van der Waals surface area contributed by atoms with Crippen LogP contribution in [0.4, 0.5) is 5.82 Å². The second-order valence-corrected chi connectivity index (χ2v) is 6.14. The molecule has 2 aromatic heterocycles. The van der Waals surface area contributed by atoms with Gasteiger partial charge < -0.3 is 10.0 Å². The normalized spacial score (nSPS) is 28.2. The van der Waals surface area contributed by atoms with Crippen LogP contribution in [0, 0.1) is 5.92 Å². The van der Waals surface area contributed by atoms with Gasteiger partial charge in [-0.25, -0.2) is 9.50 Å². The van der Waals surface area contributed by atoms with Crippen LogP contribution in [0.1, 0.15) is 32.1 Å². The first-order valence-electron chi connectivity index (χ1n) is 7.51. The van der Waals surface area contributed by atoms with Crippen molar-refractivity contribution in [2.24, 2.45) is 5.92 Å². The Balaban J connectivity index is 1.65. The van der Waals surface area contributed by atoms with Crippen molar-refractivity contribution in [3.8, 4) is 0 Å². The molecule has 2 bridgehead atoms. The average molecular weight is 286 g/mol. The number of carboxylic acid groups (broad SMARTS) is 1. The zero-order chi connectivity index (χ0) is 14.4. The minimum atomic E-state index is -0.677. The highest BCUT2D eigenvalue weighted by molar-refractivity contribution is 5.70. The fourth-order valence-corrected chi connectivity index (χ4v) is 4.09. The first-order chi connectivity index (χ1) is 10.2. The molecule has 21 heavy (non-hydrogen) atoms. The molecule has 0 spiro atoms. The number of nitrogens with zero attached hydrogens (tertiary/aromatic N) is 4. The number of hydrogen-bond donors (Lipinski definition) is 1. The molecule has 110 valence electrons. The summed E-state index contributed by atoms with van der Waals surface area (Å²) in [5, 5.41) is 13.3. The smallest absolute Gasteiger partial charge is 0.303 e. The van der Waals surface area contributed by atoms with Crippen LogP contribution in [-0.2, 0) is 4.79 Å². The molecule has 4 heterocycles. The molecule has 6 nitrogen and oxygen atoms in total. The van der Waals surface area contributed by atoms with Crippen LogP contribution in [0.25, 0.3) is 5.52 Å². The highest BCUT2D eigenvalue weighted by Crippen LogP contribution is 2.42. The Labute approximate surface area is 122 Å². The Hall–Kier alpha value is -2.11. The van der Waals surface area contributed by atoms with Gasteiger partial charge in [0.2, 0.25) is 0 Å². The standard InChI is InChI=1S/C15H18N4O2/c20-14(21)9-10-7-11-1-2-12(8-10)19(11)15-13-3-4-17-18(13)6-5-16-15/h3-6,10-12H,1-2,7-9H2,(H,20,21). The molecule has 2 aromatic rings. The molecular weight excluding hydrogens is 268 g/mol. The molecule has 6 heteroatoms. The number of carboxylic acids is 1. The van der Waals surface area contributed by atoms with E-state index in [2.05, 4.69) is 15.0 Å². The maximum absolute atomic E-state index is 11.0. The zero-order valence-electron chi connectivity index (χ0n) is 11.7. The summed E-state index contributed by atoms with van der Waals surface area (Å²) in [6, 6.07) is 2.83. The molecule has 2 aliphatic rings. The Kier molecular flexibility index (Phi) is 2.83. The lowest BCUT2D eigenvalue weighted by Gasteiger charge is -2.39. The minimum Gasteiger partial charge on any atom is -0.481 e. The van der Waals surface area contributed by atoms with Crippen molar-refractivity contribution in [3.05, 3.63) is 24.7 Å². The van der Waals surface area contributed by atoms with Gasteiger partial charge in [-0.2, -0.15) is 5.10 Å². The van der Waals surface area contributed by atoms with Gasteiger partial charge in [0.05, 0.1) is 6.20 Å². The SMILES string of the molecule is O=C(O)CC1CC2CCC(C1)N2c1nccn2nccc12. The van der Waals surface area contributed by atoms with E-state index in [0.29, 0.717) is 24.4 Å². The van der Waals surface area contributed by atoms with Crippen molar-refractivity contribution in [2.75, 3.05) is 4.90 Å². The van der Waals surface area contributed by atoms with Gasteiger partial charge in [0.15, 0.2) is 5.82 Å². The first-order valence-corrected chi connectivity index (χ1v) is 7.51. The molecule has 1 N–H and O–H groups in total. The molecule has 0 aliphatic carbocycles. The summed E-state index contributed by atoms with van der Waals surface area (Å²) in [6.07, 6.45) is 9.93. The molecular formula is C15H18N4O2. The van der Waals surface area contributed by atoms with E-state index < -0.39 is 5.97 Å². The van der Waals surface area contributed by atoms with Crippen LogP contribution >= 0.6 is 0 Å². The molecule has 0 amide bonds. The second kappa shape index (κ2) is 4.72. The van der Waals surface area contributed by atoms with E-state index in [1.165, 1.54) is 0 Å². The van der Waals surface area contributed by atoms with Gasteiger partial charge in [0, 0.05) is 30.9 Å². The number of aromatic nitrogens is 3. The third-order valence-corrected chi connectivity index (χ3v) is 4.84. The van der Waals surface area contributed by atoms with Crippen LogP contribution < -0.4 is 4.90 Å². The molecule has 2 aliphatic heterocycles. The summed E-state index contributed by atoms with van der Waals surface area (Å²) >= 11 is 0. The van der Waals surface area contributed by atoms with Crippen LogP contribution in [0.2, 0.25) is 0 Å². The number of hydrogen-bond acceptors (Lipinski definition) is 4. The maximum Gasteiger partial charge on any atom is 0.303 e. The fraction of sp³-hybridized carbons (Fsp3) is 0.533. The van der Waals surface area contributed by atoms with E-state index in [4.69, 9.17) is 5.11 Å². The molecule has 2 atom stereocenters. The maximum atomic E-state index is 11.0. The van der Waals surface area contributed by atoms with Gasteiger partial charge in [-0.05, 0) is 37.7 Å². The molecule has 4 rings (SSSR count). The Morgan fingerprint density at radius 3 is 2.76 bits per heavy atom. The third-order valence-electron chi connectivity index (χ3n) is 4.84. The van der Waals surface area contributed by atoms with E-state index >= 15 is 0 Å². The highest BCUT2D eigenvalue weighted by atomic mass is 16.4. The summed E-state index contributed by atoms with van der Waals surface area (Å²) in [6.45, 7) is 0. The van der Waals surface area contributed by atoms with Gasteiger partial charge in [-0.1, -0.05) is 0 Å². The molecule has 0 aromatic carbocycles. The van der Waals surface area contributed by atoms with Gasteiger partial charge in [-0.15, -0.1) is 0 Å². The Bertz CT molecular complexity index is 669. The molecule has 2 unspecified atom stereocenters. The quantitative estimate of drug-likeness (QED) is 0.934. The van der Waals surface area contributed by atoms with Crippen LogP contribution in [-0.4, -0.2) is 37.8 Å². The predicted molar refractivity (Wildman–Crippen MR) is 77.3 cm³/mol. The molecule has 0 radical (unpaired) electrons. The summed E-state index contributed by atoms with van der Waals surface area (Å²) in [5.41, 5.74) is 1.03. The van der Waals surface area contributed by atoms with E-state index in [1.807, 2.05) is 16.8 Å². The molecule has 2 saturated heterocycles. The van der Waals surface area contributed by atoms with E-state index in [0.717, 1.165) is 37.0 Å². The minimum absolute atomic E-state index is 0.297. The van der Waals surface area contributed by atoms with Crippen molar-refractivity contribution >= 4 is 17.3 Å². The van der Waals surface area contributed by atoms with Crippen molar-refractivity contribution in [1.29, 1.82) is 0 Å². The number of carbonyl (C=O) groups is 1. The number of fused-ring (bicyclic) bond motifs is 3. The zero-order valence-corrected chi connectivity index (χ0v) is 11.7. The summed E-state index contributed by atoms with van der Waals surface area (Å²) < 4.78 is 1.85. The topological polar surface area (TPSA) is 70.7 Å². The summed E-state index contributed by atoms with van der Waals surface area (Å²) in [7, 11) is 0. The third kappa shape index (κ3) is 2.05. The highest BCUT2D eigenvalue weighted by Gasteiger charge is 2.42. The number of anilines is 1. The lowest BCUT2D eigenvalue weighted by molar-refractivity contribution is -0.138. The van der Waals surface area contributed by atoms with Crippen molar-refractivity contribution in [1.82, 2.24) is 14.6 Å². The lowest BCUT2D eigenvalue weighted by atomic mass is 9.88. The predicted octanol–water partition coefficient (Wildman–Crippen LogP) is 1.95. The van der Waals surface area contributed by atoms with E-state index in [9.17, 15) is 4.79 Å². The number of rotatable bonds is 3. The van der Waals surface area contributed by atoms with E-state index in [1.54, 1.807) is 12.4 Å². The largest absolute Gasteiger partial charge is 0.481 e. The van der Waals surface area contributed by atoms with Crippen molar-refractivity contribution in [3.63, 3.8) is 0 Å². The van der Waals surface area contributed by atoms with Gasteiger partial charge in [-0.3, -0.25) is 4.79 Å². The van der Waals surface area contributed by atoms with Gasteiger partial charge in [0.25, 0.3) is 0 Å².